The van der Waals surface area contributed by atoms with E-state index < -0.39 is 43.9 Å². The zero-order valence-corrected chi connectivity index (χ0v) is 15.4. The first-order chi connectivity index (χ1) is 13.7. The van der Waals surface area contributed by atoms with Crippen LogP contribution < -0.4 is 4.72 Å². The van der Waals surface area contributed by atoms with Crippen molar-refractivity contribution in [2.75, 3.05) is 4.72 Å². The van der Waals surface area contributed by atoms with Gasteiger partial charge in [0.25, 0.3) is 10.0 Å². The molecule has 1 saturated carbocycles. The van der Waals surface area contributed by atoms with E-state index in [1.54, 1.807) is 6.20 Å². The second-order valence-corrected chi connectivity index (χ2v) is 8.07. The van der Waals surface area contributed by atoms with Crippen LogP contribution in [0.3, 0.4) is 0 Å². The van der Waals surface area contributed by atoms with Crippen molar-refractivity contribution in [2.45, 2.75) is 23.8 Å². The van der Waals surface area contributed by atoms with E-state index in [1.165, 1.54) is 23.0 Å². The van der Waals surface area contributed by atoms with E-state index in [0.717, 1.165) is 18.5 Å². The first kappa shape index (κ1) is 18.9. The molecule has 0 amide bonds. The van der Waals surface area contributed by atoms with Gasteiger partial charge in [0.15, 0.2) is 5.03 Å². The SMILES string of the molecule is O=C(O)c1cc(F)c(NS(=O)(=O)c2ccc(-n3cc(C4CC4)nn3)cn2)cc1F. The lowest BCUT2D eigenvalue weighted by Gasteiger charge is -2.10. The number of aromatic carboxylic acids is 1. The van der Waals surface area contributed by atoms with E-state index in [9.17, 15) is 22.0 Å². The van der Waals surface area contributed by atoms with Gasteiger partial charge in [0, 0.05) is 12.0 Å². The van der Waals surface area contributed by atoms with E-state index >= 15 is 0 Å². The Morgan fingerprint density at radius 3 is 2.59 bits per heavy atom. The normalized spacial score (nSPS) is 14.0. The quantitative estimate of drug-likeness (QED) is 0.625. The Kier molecular flexibility index (Phi) is 4.49. The van der Waals surface area contributed by atoms with Gasteiger partial charge in [-0.05, 0) is 31.0 Å². The molecule has 12 heteroatoms. The predicted molar refractivity (Wildman–Crippen MR) is 95.3 cm³/mol. The van der Waals surface area contributed by atoms with Crippen molar-refractivity contribution in [1.29, 1.82) is 0 Å². The lowest BCUT2D eigenvalue weighted by Crippen LogP contribution is -2.16. The molecular formula is C17H13F2N5O4S. The number of benzene rings is 1. The van der Waals surface area contributed by atoms with Crippen LogP contribution in [0.4, 0.5) is 14.5 Å². The maximum absolute atomic E-state index is 14.0. The number of aromatic nitrogens is 4. The third-order valence-electron chi connectivity index (χ3n) is 4.30. The molecule has 1 fully saturated rings. The minimum atomic E-state index is -4.34. The van der Waals surface area contributed by atoms with Gasteiger partial charge in [-0.15, -0.1) is 5.10 Å². The maximum Gasteiger partial charge on any atom is 0.338 e. The number of hydrogen-bond donors (Lipinski definition) is 2. The first-order valence-electron chi connectivity index (χ1n) is 8.38. The smallest absolute Gasteiger partial charge is 0.338 e. The predicted octanol–water partition coefficient (Wildman–Crippen LogP) is 2.32. The Bertz CT molecular complexity index is 1210. The number of hydrogen-bond acceptors (Lipinski definition) is 6. The summed E-state index contributed by atoms with van der Waals surface area (Å²) in [5.74, 6) is -3.79. The van der Waals surface area contributed by atoms with Gasteiger partial charge in [0.05, 0.1) is 35.0 Å². The van der Waals surface area contributed by atoms with E-state index in [2.05, 4.69) is 15.3 Å². The fourth-order valence-electron chi connectivity index (χ4n) is 2.62. The number of rotatable bonds is 6. The summed E-state index contributed by atoms with van der Waals surface area (Å²) in [6, 6.07) is 3.47. The molecule has 0 spiro atoms. The highest BCUT2D eigenvalue weighted by Gasteiger charge is 2.27. The molecule has 0 saturated heterocycles. The topological polar surface area (TPSA) is 127 Å². The van der Waals surface area contributed by atoms with Gasteiger partial charge in [0.1, 0.15) is 11.6 Å². The molecule has 2 aromatic heterocycles. The number of nitrogens with zero attached hydrogens (tertiary/aromatic N) is 4. The number of anilines is 1. The molecular weight excluding hydrogens is 408 g/mol. The molecule has 2 N–H and O–H groups in total. The highest BCUT2D eigenvalue weighted by Crippen LogP contribution is 2.38. The average molecular weight is 421 g/mol. The molecule has 150 valence electrons. The van der Waals surface area contributed by atoms with Gasteiger partial charge in [0.2, 0.25) is 0 Å². The van der Waals surface area contributed by atoms with Crippen molar-refractivity contribution in [3.63, 3.8) is 0 Å². The number of halogens is 2. The van der Waals surface area contributed by atoms with E-state index in [4.69, 9.17) is 5.11 Å². The second kappa shape index (κ2) is 6.88. The third-order valence-corrected chi connectivity index (χ3v) is 5.58. The number of carboxylic acids is 1. The Labute approximate surface area is 163 Å². The lowest BCUT2D eigenvalue weighted by molar-refractivity contribution is 0.0691. The van der Waals surface area contributed by atoms with Crippen molar-refractivity contribution in [2.24, 2.45) is 0 Å². The van der Waals surface area contributed by atoms with Crippen molar-refractivity contribution in [3.05, 3.63) is 59.6 Å². The zero-order valence-electron chi connectivity index (χ0n) is 14.6. The largest absolute Gasteiger partial charge is 0.478 e. The van der Waals surface area contributed by atoms with Gasteiger partial charge in [-0.1, -0.05) is 5.21 Å². The second-order valence-electron chi connectivity index (χ2n) is 6.44. The van der Waals surface area contributed by atoms with Gasteiger partial charge in [-0.3, -0.25) is 4.72 Å². The molecule has 0 atom stereocenters. The summed E-state index contributed by atoms with van der Waals surface area (Å²) in [6.07, 6.45) is 5.11. The summed E-state index contributed by atoms with van der Waals surface area (Å²) in [6.45, 7) is 0. The zero-order chi connectivity index (χ0) is 20.8. The number of pyridine rings is 1. The van der Waals surface area contributed by atoms with Crippen molar-refractivity contribution in [1.82, 2.24) is 20.0 Å². The van der Waals surface area contributed by atoms with Crippen molar-refractivity contribution >= 4 is 21.7 Å². The molecule has 0 radical (unpaired) electrons. The number of carboxylic acid groups (broad SMARTS) is 1. The summed E-state index contributed by atoms with van der Waals surface area (Å²) in [7, 11) is -4.34. The Morgan fingerprint density at radius 2 is 1.97 bits per heavy atom. The van der Waals surface area contributed by atoms with Gasteiger partial charge < -0.3 is 5.11 Å². The van der Waals surface area contributed by atoms with Crippen molar-refractivity contribution < 1.29 is 27.1 Å². The average Bonchev–Trinajstić information content (AvgIpc) is 3.41. The summed E-state index contributed by atoms with van der Waals surface area (Å²) < 4.78 is 55.9. The molecule has 0 aliphatic heterocycles. The summed E-state index contributed by atoms with van der Waals surface area (Å²) in [5, 5.41) is 16.4. The van der Waals surface area contributed by atoms with Crippen LogP contribution in [0, 0.1) is 11.6 Å². The molecule has 0 bridgehead atoms. The van der Waals surface area contributed by atoms with Gasteiger partial charge >= 0.3 is 5.97 Å². The highest BCUT2D eigenvalue weighted by molar-refractivity contribution is 7.92. The van der Waals surface area contributed by atoms with Crippen LogP contribution in [0.2, 0.25) is 0 Å². The third kappa shape index (κ3) is 3.78. The van der Waals surface area contributed by atoms with E-state index in [-0.39, 0.29) is 0 Å². The van der Waals surface area contributed by atoms with Crippen LogP contribution in [0.15, 0.2) is 41.7 Å². The minimum Gasteiger partial charge on any atom is -0.478 e. The van der Waals surface area contributed by atoms with Gasteiger partial charge in [-0.2, -0.15) is 8.42 Å². The molecule has 1 aliphatic carbocycles. The highest BCUT2D eigenvalue weighted by atomic mass is 32.2. The number of nitrogens with one attached hydrogen (secondary N) is 1. The summed E-state index contributed by atoms with van der Waals surface area (Å²) in [4.78, 5) is 14.7. The molecule has 1 aromatic carbocycles. The van der Waals surface area contributed by atoms with Gasteiger partial charge in [-0.25, -0.2) is 23.2 Å². The molecule has 29 heavy (non-hydrogen) atoms. The Balaban J connectivity index is 1.57. The summed E-state index contributed by atoms with van der Waals surface area (Å²) >= 11 is 0. The standard InChI is InChI=1S/C17H13F2N5O4S/c18-12-6-14(13(19)5-11(12)17(25)26)22-29(27,28)16-4-3-10(7-20-16)24-8-15(21-23-24)9-1-2-9/h3-9,22H,1-2H2,(H,25,26). The van der Waals surface area contributed by atoms with Crippen LogP contribution in [0.5, 0.6) is 0 Å². The minimum absolute atomic E-state index is 0.397. The van der Waals surface area contributed by atoms with Crippen LogP contribution in [-0.2, 0) is 10.0 Å². The molecule has 1 aliphatic rings. The lowest BCUT2D eigenvalue weighted by atomic mass is 10.2. The molecule has 3 aromatic rings. The van der Waals surface area contributed by atoms with E-state index in [1.807, 2.05) is 4.72 Å². The van der Waals surface area contributed by atoms with Crippen LogP contribution >= 0.6 is 0 Å². The van der Waals surface area contributed by atoms with Crippen LogP contribution in [0.25, 0.3) is 5.69 Å². The van der Waals surface area contributed by atoms with Crippen LogP contribution in [-0.4, -0.2) is 39.5 Å². The molecule has 0 unspecified atom stereocenters. The Hall–Kier alpha value is -3.41. The van der Waals surface area contributed by atoms with Crippen LogP contribution in [0.1, 0.15) is 34.8 Å². The number of sulfonamides is 1. The van der Waals surface area contributed by atoms with Crippen molar-refractivity contribution in [3.8, 4) is 5.69 Å². The Morgan fingerprint density at radius 1 is 1.21 bits per heavy atom. The fourth-order valence-corrected chi connectivity index (χ4v) is 3.61. The summed E-state index contributed by atoms with van der Waals surface area (Å²) in [5.41, 5.74) is -0.313. The molecule has 9 nitrogen and oxygen atoms in total. The molecule has 2 heterocycles. The maximum atomic E-state index is 14.0. The number of carbonyl (C=O) groups is 1. The monoisotopic (exact) mass is 421 g/mol. The molecule has 4 rings (SSSR count). The fraction of sp³-hybridized carbons (Fsp3) is 0.176. The van der Waals surface area contributed by atoms with E-state index in [0.29, 0.717) is 23.7 Å². The first-order valence-corrected chi connectivity index (χ1v) is 9.87.